The van der Waals surface area contributed by atoms with Crippen molar-refractivity contribution in [3.05, 3.63) is 66.1 Å². The molecule has 1 aliphatic rings. The predicted molar refractivity (Wildman–Crippen MR) is 164 cm³/mol. The van der Waals surface area contributed by atoms with Crippen molar-refractivity contribution < 1.29 is 26.7 Å². The first-order chi connectivity index (χ1) is 21.2. The number of halogens is 2. The van der Waals surface area contributed by atoms with Gasteiger partial charge >= 0.3 is 6.09 Å². The maximum atomic E-state index is 15.0. The number of rotatable bonds is 6. The number of alkyl carbamates (subject to hydrolysis) is 1. The van der Waals surface area contributed by atoms with E-state index in [1.165, 1.54) is 18.3 Å². The fraction of sp³-hybridized carbons (Fsp3) is 0.367. The molecule has 1 saturated carbocycles. The molecule has 1 aliphatic carbocycles. The van der Waals surface area contributed by atoms with Crippen LogP contribution in [-0.4, -0.2) is 57.1 Å². The Labute approximate surface area is 259 Å². The minimum atomic E-state index is -4.13. The topological polar surface area (TPSA) is 164 Å². The molecule has 0 saturated heterocycles. The molecular formula is C30H34F2N8O4S. The van der Waals surface area contributed by atoms with E-state index < -0.39 is 33.4 Å². The first-order valence-corrected chi connectivity index (χ1v) is 15.8. The van der Waals surface area contributed by atoms with E-state index in [4.69, 9.17) is 10.1 Å². The fourth-order valence-corrected chi connectivity index (χ4v) is 6.45. The minimum absolute atomic E-state index is 0.0138. The van der Waals surface area contributed by atoms with Crippen molar-refractivity contribution >= 4 is 38.9 Å². The van der Waals surface area contributed by atoms with E-state index in [1.807, 2.05) is 6.92 Å². The smallest absolute Gasteiger partial charge is 0.414 e. The predicted octanol–water partition coefficient (Wildman–Crippen LogP) is 5.09. The highest BCUT2D eigenvalue weighted by Crippen LogP contribution is 2.32. The molecule has 45 heavy (non-hydrogen) atoms. The Morgan fingerprint density at radius 1 is 1.09 bits per heavy atom. The summed E-state index contributed by atoms with van der Waals surface area (Å²) in [6, 6.07) is 6.97. The van der Waals surface area contributed by atoms with Gasteiger partial charge in [0.1, 0.15) is 11.4 Å². The van der Waals surface area contributed by atoms with Crippen LogP contribution in [0, 0.1) is 24.0 Å². The van der Waals surface area contributed by atoms with Gasteiger partial charge in [-0.05, 0) is 71.6 Å². The van der Waals surface area contributed by atoms with Gasteiger partial charge in [0, 0.05) is 29.2 Å². The lowest BCUT2D eigenvalue weighted by Gasteiger charge is -2.31. The lowest BCUT2D eigenvalue weighted by atomic mass is 9.91. The summed E-state index contributed by atoms with van der Waals surface area (Å²) in [7, 11) is -4.13. The van der Waals surface area contributed by atoms with Crippen LogP contribution in [0.1, 0.15) is 52.0 Å². The number of hydrogen-bond acceptors (Lipinski definition) is 9. The summed E-state index contributed by atoms with van der Waals surface area (Å²) in [5.41, 5.74) is 0.293. The SMILES string of the molecule is Cc1ccc(S(=O)(=O)n2cc(-c3ncc(F)c(N[C@H]4CCC[C@@H](NC(=N)NC(=O)OC(C)(C)C)C4)n3)c3cc(F)cnc32)cc1. The van der Waals surface area contributed by atoms with Crippen molar-refractivity contribution in [2.45, 2.75) is 76.0 Å². The standard InChI is InChI=1S/C30H34F2N8O4S/c1-17-8-10-21(11-9-17)45(42,43)40-16-23(22-12-18(31)14-35-27(22)40)25-34-15-24(32)26(38-25)36-19-6-5-7-20(13-19)37-28(33)39-29(41)44-30(2,3)4/h8-12,14-16,19-20H,5-7,13H2,1-4H3,(H,34,36,38)(H3,33,37,39,41)/t19-,20+/m0/s1. The van der Waals surface area contributed by atoms with Gasteiger partial charge in [0.05, 0.1) is 17.3 Å². The van der Waals surface area contributed by atoms with Gasteiger partial charge < -0.3 is 15.4 Å². The number of benzene rings is 1. The van der Waals surface area contributed by atoms with Crippen LogP contribution in [0.4, 0.5) is 19.4 Å². The van der Waals surface area contributed by atoms with Crippen molar-refractivity contribution in [3.8, 4) is 11.4 Å². The second kappa shape index (κ2) is 12.4. The third-order valence-electron chi connectivity index (χ3n) is 7.13. The van der Waals surface area contributed by atoms with E-state index in [9.17, 15) is 22.0 Å². The van der Waals surface area contributed by atoms with Crippen LogP contribution in [-0.2, 0) is 14.8 Å². The number of amides is 1. The Balaban J connectivity index is 1.38. The summed E-state index contributed by atoms with van der Waals surface area (Å²) in [4.78, 5) is 24.5. The van der Waals surface area contributed by atoms with E-state index in [1.54, 1.807) is 32.9 Å². The number of pyridine rings is 1. The zero-order valence-electron chi connectivity index (χ0n) is 25.2. The molecule has 2 atom stereocenters. The number of fused-ring (bicyclic) bond motifs is 1. The second-order valence-electron chi connectivity index (χ2n) is 11.9. The Kier molecular flexibility index (Phi) is 8.74. The van der Waals surface area contributed by atoms with Crippen molar-refractivity contribution in [3.63, 3.8) is 0 Å². The highest BCUT2D eigenvalue weighted by atomic mass is 32.2. The van der Waals surface area contributed by atoms with Gasteiger partial charge in [-0.1, -0.05) is 17.7 Å². The van der Waals surface area contributed by atoms with Crippen LogP contribution in [0.15, 0.2) is 53.8 Å². The van der Waals surface area contributed by atoms with E-state index in [2.05, 4.69) is 30.9 Å². The normalized spacial score (nSPS) is 17.1. The van der Waals surface area contributed by atoms with Crippen LogP contribution in [0.3, 0.4) is 0 Å². The number of nitrogens with zero attached hydrogens (tertiary/aromatic N) is 4. The summed E-state index contributed by atoms with van der Waals surface area (Å²) in [5.74, 6) is -1.76. The van der Waals surface area contributed by atoms with E-state index in [0.29, 0.717) is 12.8 Å². The molecule has 12 nitrogen and oxygen atoms in total. The second-order valence-corrected chi connectivity index (χ2v) is 13.7. The Bertz CT molecular complexity index is 1860. The first-order valence-electron chi connectivity index (χ1n) is 14.3. The maximum absolute atomic E-state index is 15.0. The molecule has 1 fully saturated rings. The van der Waals surface area contributed by atoms with Gasteiger partial charge in [-0.3, -0.25) is 10.7 Å². The van der Waals surface area contributed by atoms with Gasteiger partial charge in [-0.2, -0.15) is 0 Å². The van der Waals surface area contributed by atoms with E-state index in [-0.39, 0.29) is 51.2 Å². The summed E-state index contributed by atoms with van der Waals surface area (Å²) >= 11 is 0. The zero-order valence-corrected chi connectivity index (χ0v) is 26.0. The average molecular weight is 641 g/mol. The zero-order chi connectivity index (χ0) is 32.5. The Hall–Kier alpha value is -4.66. The third-order valence-corrected chi connectivity index (χ3v) is 8.79. The lowest BCUT2D eigenvalue weighted by molar-refractivity contribution is 0.0560. The number of carbonyl (C=O) groups is 1. The highest BCUT2D eigenvalue weighted by Gasteiger charge is 2.27. The summed E-state index contributed by atoms with van der Waals surface area (Å²) in [6.07, 6.45) is 5.05. The Morgan fingerprint density at radius 3 is 2.51 bits per heavy atom. The van der Waals surface area contributed by atoms with E-state index in [0.717, 1.165) is 40.8 Å². The first kappa shape index (κ1) is 31.8. The summed E-state index contributed by atoms with van der Waals surface area (Å²) in [6.45, 7) is 7.00. The molecule has 0 spiro atoms. The van der Waals surface area contributed by atoms with E-state index >= 15 is 0 Å². The fourth-order valence-electron chi connectivity index (χ4n) is 5.13. The molecule has 5 rings (SSSR count). The van der Waals surface area contributed by atoms with Crippen molar-refractivity contribution in [2.24, 2.45) is 0 Å². The van der Waals surface area contributed by atoms with Crippen LogP contribution < -0.4 is 16.0 Å². The number of hydrogen-bond donors (Lipinski definition) is 4. The molecule has 4 N–H and O–H groups in total. The third kappa shape index (κ3) is 7.36. The van der Waals surface area contributed by atoms with Crippen molar-refractivity contribution in [1.82, 2.24) is 29.6 Å². The number of nitrogens with one attached hydrogen (secondary N) is 4. The molecule has 1 aromatic carbocycles. The quantitative estimate of drug-likeness (QED) is 0.166. The van der Waals surface area contributed by atoms with Crippen LogP contribution in [0.5, 0.6) is 0 Å². The van der Waals surface area contributed by atoms with Gasteiger partial charge in [-0.25, -0.2) is 40.9 Å². The number of anilines is 1. The molecule has 3 heterocycles. The van der Waals surface area contributed by atoms with Crippen LogP contribution in [0.2, 0.25) is 0 Å². The molecule has 3 aromatic heterocycles. The van der Waals surface area contributed by atoms with Crippen LogP contribution >= 0.6 is 0 Å². The maximum Gasteiger partial charge on any atom is 0.414 e. The van der Waals surface area contributed by atoms with Gasteiger partial charge in [-0.15, -0.1) is 0 Å². The summed E-state index contributed by atoms with van der Waals surface area (Å²) in [5, 5.41) is 16.7. The molecular weight excluding hydrogens is 606 g/mol. The molecule has 15 heteroatoms. The monoisotopic (exact) mass is 640 g/mol. The van der Waals surface area contributed by atoms with Gasteiger partial charge in [0.25, 0.3) is 10.0 Å². The van der Waals surface area contributed by atoms with Crippen molar-refractivity contribution in [2.75, 3.05) is 5.32 Å². The molecule has 0 aliphatic heterocycles. The molecule has 0 bridgehead atoms. The number of ether oxygens (including phenoxy) is 1. The molecule has 1 amide bonds. The number of guanidine groups is 1. The average Bonchev–Trinajstić information content (AvgIpc) is 3.33. The largest absolute Gasteiger partial charge is 0.444 e. The number of aromatic nitrogens is 4. The van der Waals surface area contributed by atoms with Gasteiger partial charge in [0.15, 0.2) is 29.1 Å². The van der Waals surface area contributed by atoms with Crippen LogP contribution in [0.25, 0.3) is 22.4 Å². The Morgan fingerprint density at radius 2 is 1.80 bits per heavy atom. The molecule has 4 aromatic rings. The minimum Gasteiger partial charge on any atom is -0.444 e. The highest BCUT2D eigenvalue weighted by molar-refractivity contribution is 7.90. The van der Waals surface area contributed by atoms with Crippen molar-refractivity contribution in [1.29, 1.82) is 5.41 Å². The lowest BCUT2D eigenvalue weighted by Crippen LogP contribution is -2.49. The summed E-state index contributed by atoms with van der Waals surface area (Å²) < 4.78 is 62.6. The molecule has 238 valence electrons. The molecule has 0 radical (unpaired) electrons. The number of carbonyl (C=O) groups excluding carboxylic acids is 1. The van der Waals surface area contributed by atoms with Gasteiger partial charge in [0.2, 0.25) is 0 Å². The molecule has 0 unspecified atom stereocenters. The number of aryl methyl sites for hydroxylation is 1.